The van der Waals surface area contributed by atoms with E-state index in [2.05, 4.69) is 31.0 Å². The molecule has 0 radical (unpaired) electrons. The van der Waals surface area contributed by atoms with Gasteiger partial charge in [0.25, 0.3) is 0 Å². The van der Waals surface area contributed by atoms with Crippen LogP contribution in [0.2, 0.25) is 0 Å². The van der Waals surface area contributed by atoms with Crippen LogP contribution in [0.15, 0.2) is 0 Å². The van der Waals surface area contributed by atoms with Crippen molar-refractivity contribution in [1.29, 1.82) is 0 Å². The van der Waals surface area contributed by atoms with E-state index in [-0.39, 0.29) is 0 Å². The Bertz CT molecular complexity index is 257. The quantitative estimate of drug-likeness (QED) is 0.829. The molecule has 19 heavy (non-hydrogen) atoms. The maximum atomic E-state index is 5.89. The van der Waals surface area contributed by atoms with Crippen LogP contribution in [0.5, 0.6) is 0 Å². The number of hydrogen-bond donors (Lipinski definition) is 1. The number of hydrogen-bond acceptors (Lipinski definition) is 3. The number of morpholine rings is 1. The lowest BCUT2D eigenvalue weighted by Crippen LogP contribution is -2.50. The van der Waals surface area contributed by atoms with Crippen molar-refractivity contribution in [3.8, 4) is 0 Å². The number of likely N-dealkylation sites (N-methyl/N-ethyl adjacent to an activating group) is 1. The van der Waals surface area contributed by atoms with Gasteiger partial charge in [0.15, 0.2) is 0 Å². The molecule has 0 amide bonds. The summed E-state index contributed by atoms with van der Waals surface area (Å²) in [6.45, 7) is 12.3. The van der Waals surface area contributed by atoms with Crippen molar-refractivity contribution in [3.63, 3.8) is 0 Å². The second kappa shape index (κ2) is 7.61. The molecule has 2 rings (SSSR count). The molecule has 1 saturated carbocycles. The highest BCUT2D eigenvalue weighted by Gasteiger charge is 2.28. The van der Waals surface area contributed by atoms with Gasteiger partial charge in [-0.3, -0.25) is 4.90 Å². The SMILES string of the molecule is CCN1CCOC(CNC2CCCCC2C(C)C)C1. The van der Waals surface area contributed by atoms with Crippen LogP contribution in [-0.4, -0.2) is 49.8 Å². The Morgan fingerprint density at radius 1 is 1.26 bits per heavy atom. The van der Waals surface area contributed by atoms with Crippen molar-refractivity contribution in [3.05, 3.63) is 0 Å². The second-order valence-corrected chi connectivity index (χ2v) is 6.59. The predicted molar refractivity (Wildman–Crippen MR) is 80.4 cm³/mol. The van der Waals surface area contributed by atoms with Crippen LogP contribution in [0, 0.1) is 11.8 Å². The molecule has 2 aliphatic rings. The first-order valence-corrected chi connectivity index (χ1v) is 8.28. The summed E-state index contributed by atoms with van der Waals surface area (Å²) in [5.74, 6) is 1.66. The summed E-state index contributed by atoms with van der Waals surface area (Å²) in [5, 5.41) is 3.82. The summed E-state index contributed by atoms with van der Waals surface area (Å²) in [6, 6.07) is 0.717. The first-order chi connectivity index (χ1) is 9.20. The van der Waals surface area contributed by atoms with Gasteiger partial charge in [0, 0.05) is 25.7 Å². The molecule has 0 aromatic carbocycles. The van der Waals surface area contributed by atoms with Crippen LogP contribution >= 0.6 is 0 Å². The Labute approximate surface area is 119 Å². The first-order valence-electron chi connectivity index (χ1n) is 8.28. The zero-order chi connectivity index (χ0) is 13.7. The van der Waals surface area contributed by atoms with E-state index in [1.54, 1.807) is 0 Å². The minimum absolute atomic E-state index is 0.392. The zero-order valence-corrected chi connectivity index (χ0v) is 13.0. The van der Waals surface area contributed by atoms with Crippen molar-refractivity contribution in [1.82, 2.24) is 10.2 Å². The fourth-order valence-corrected chi connectivity index (χ4v) is 3.68. The molecule has 1 aliphatic carbocycles. The third-order valence-electron chi connectivity index (χ3n) is 4.95. The highest BCUT2D eigenvalue weighted by atomic mass is 16.5. The fraction of sp³-hybridized carbons (Fsp3) is 1.00. The lowest BCUT2D eigenvalue weighted by atomic mass is 9.78. The van der Waals surface area contributed by atoms with Gasteiger partial charge in [-0.1, -0.05) is 33.6 Å². The van der Waals surface area contributed by atoms with Gasteiger partial charge in [-0.15, -0.1) is 0 Å². The minimum Gasteiger partial charge on any atom is -0.374 e. The smallest absolute Gasteiger partial charge is 0.0826 e. The summed E-state index contributed by atoms with van der Waals surface area (Å²) in [6.07, 6.45) is 5.97. The van der Waals surface area contributed by atoms with Crippen LogP contribution in [0.1, 0.15) is 46.5 Å². The third kappa shape index (κ3) is 4.44. The minimum atomic E-state index is 0.392. The molecular formula is C16H32N2O. The van der Waals surface area contributed by atoms with E-state index in [0.29, 0.717) is 12.1 Å². The average Bonchev–Trinajstić information content (AvgIpc) is 2.45. The van der Waals surface area contributed by atoms with Crippen molar-refractivity contribution < 1.29 is 4.74 Å². The van der Waals surface area contributed by atoms with Gasteiger partial charge < -0.3 is 10.1 Å². The highest BCUT2D eigenvalue weighted by Crippen LogP contribution is 2.30. The molecule has 0 aromatic heterocycles. The first kappa shape index (κ1) is 15.3. The normalized spacial score (nSPS) is 33.8. The van der Waals surface area contributed by atoms with E-state index in [4.69, 9.17) is 4.74 Å². The van der Waals surface area contributed by atoms with E-state index in [9.17, 15) is 0 Å². The Balaban J connectivity index is 1.76. The maximum absolute atomic E-state index is 5.89. The van der Waals surface area contributed by atoms with Gasteiger partial charge >= 0.3 is 0 Å². The Morgan fingerprint density at radius 3 is 2.79 bits per heavy atom. The summed E-state index contributed by atoms with van der Waals surface area (Å²) >= 11 is 0. The molecule has 1 N–H and O–H groups in total. The van der Waals surface area contributed by atoms with Crippen molar-refractivity contribution in [2.24, 2.45) is 11.8 Å². The maximum Gasteiger partial charge on any atom is 0.0826 e. The van der Waals surface area contributed by atoms with Crippen molar-refractivity contribution in [2.45, 2.75) is 58.6 Å². The lowest BCUT2D eigenvalue weighted by molar-refractivity contribution is -0.0281. The molecule has 3 nitrogen and oxygen atoms in total. The summed E-state index contributed by atoms with van der Waals surface area (Å²) in [7, 11) is 0. The van der Waals surface area contributed by atoms with Gasteiger partial charge in [0.1, 0.15) is 0 Å². The Hall–Kier alpha value is -0.120. The van der Waals surface area contributed by atoms with Gasteiger partial charge in [0.05, 0.1) is 12.7 Å². The largest absolute Gasteiger partial charge is 0.374 e. The molecule has 0 spiro atoms. The zero-order valence-electron chi connectivity index (χ0n) is 13.0. The lowest BCUT2D eigenvalue weighted by Gasteiger charge is -2.37. The van der Waals surface area contributed by atoms with Gasteiger partial charge in [-0.2, -0.15) is 0 Å². The molecule has 112 valence electrons. The second-order valence-electron chi connectivity index (χ2n) is 6.59. The highest BCUT2D eigenvalue weighted by molar-refractivity contribution is 4.84. The molecule has 2 fully saturated rings. The van der Waals surface area contributed by atoms with Crippen LogP contribution in [-0.2, 0) is 4.74 Å². The molecule has 3 atom stereocenters. The molecule has 3 unspecified atom stereocenters. The summed E-state index contributed by atoms with van der Waals surface area (Å²) < 4.78 is 5.89. The van der Waals surface area contributed by atoms with Crippen LogP contribution in [0.25, 0.3) is 0 Å². The Morgan fingerprint density at radius 2 is 2.05 bits per heavy atom. The summed E-state index contributed by atoms with van der Waals surface area (Å²) in [5.41, 5.74) is 0. The number of ether oxygens (including phenoxy) is 1. The van der Waals surface area contributed by atoms with Gasteiger partial charge in [0.2, 0.25) is 0 Å². The molecule has 0 bridgehead atoms. The topological polar surface area (TPSA) is 24.5 Å². The average molecular weight is 268 g/mol. The molecule has 3 heteroatoms. The van der Waals surface area contributed by atoms with Crippen molar-refractivity contribution in [2.75, 3.05) is 32.8 Å². The van der Waals surface area contributed by atoms with Crippen molar-refractivity contribution >= 4 is 0 Å². The molecule has 1 aliphatic heterocycles. The van der Waals surface area contributed by atoms with Gasteiger partial charge in [-0.05, 0) is 31.2 Å². The fourth-order valence-electron chi connectivity index (χ4n) is 3.68. The number of rotatable bonds is 5. The predicted octanol–water partition coefficient (Wildman–Crippen LogP) is 2.51. The standard InChI is InChI=1S/C16H32N2O/c1-4-18-9-10-19-14(12-18)11-17-16-8-6-5-7-15(16)13(2)3/h13-17H,4-12H2,1-3H3. The van der Waals surface area contributed by atoms with E-state index >= 15 is 0 Å². The van der Waals surface area contributed by atoms with Crippen LogP contribution < -0.4 is 5.32 Å². The number of nitrogens with zero attached hydrogens (tertiary/aromatic N) is 1. The monoisotopic (exact) mass is 268 g/mol. The van der Waals surface area contributed by atoms with E-state index in [0.717, 1.165) is 44.6 Å². The molecule has 0 aromatic rings. The van der Waals surface area contributed by atoms with E-state index in [1.807, 2.05) is 0 Å². The summed E-state index contributed by atoms with van der Waals surface area (Å²) in [4.78, 5) is 2.50. The van der Waals surface area contributed by atoms with Gasteiger partial charge in [-0.25, -0.2) is 0 Å². The van der Waals surface area contributed by atoms with E-state index < -0.39 is 0 Å². The van der Waals surface area contributed by atoms with Crippen LogP contribution in [0.4, 0.5) is 0 Å². The third-order valence-corrected chi connectivity index (χ3v) is 4.95. The molecular weight excluding hydrogens is 236 g/mol. The number of nitrogens with one attached hydrogen (secondary N) is 1. The van der Waals surface area contributed by atoms with Crippen LogP contribution in [0.3, 0.4) is 0 Å². The molecule has 1 saturated heterocycles. The Kier molecular flexibility index (Phi) is 6.11. The van der Waals surface area contributed by atoms with E-state index in [1.165, 1.54) is 25.7 Å². The molecule has 1 heterocycles.